The molecule has 10 heavy (non-hydrogen) atoms. The maximum Gasteiger partial charge on any atom is 0.184 e. The summed E-state index contributed by atoms with van der Waals surface area (Å²) in [6.45, 7) is 0. The van der Waals surface area contributed by atoms with Gasteiger partial charge >= 0.3 is 0 Å². The van der Waals surface area contributed by atoms with Crippen LogP contribution < -0.4 is 0 Å². The highest BCUT2D eigenvalue weighted by Gasteiger charge is 1.97. The van der Waals surface area contributed by atoms with E-state index in [1.54, 1.807) is 11.3 Å². The van der Waals surface area contributed by atoms with E-state index in [1.165, 1.54) is 7.11 Å². The number of ether oxygens (including phenoxy) is 1. The van der Waals surface area contributed by atoms with Crippen LogP contribution >= 0.6 is 11.3 Å². The zero-order valence-electron chi connectivity index (χ0n) is 5.76. The third kappa shape index (κ3) is 1.84. The molecule has 0 aromatic carbocycles. The lowest BCUT2D eigenvalue weighted by molar-refractivity contribution is 0.390. The highest BCUT2D eigenvalue weighted by Crippen LogP contribution is 2.06. The molecule has 0 atom stereocenters. The molecule has 1 heterocycles. The molecule has 0 fully saturated rings. The van der Waals surface area contributed by atoms with E-state index >= 15 is 0 Å². The monoisotopic (exact) mass is 155 g/mol. The van der Waals surface area contributed by atoms with E-state index in [2.05, 4.69) is 0 Å². The van der Waals surface area contributed by atoms with Gasteiger partial charge in [0.1, 0.15) is 0 Å². The van der Waals surface area contributed by atoms with Gasteiger partial charge in [-0.2, -0.15) is 11.3 Å². The highest BCUT2D eigenvalue weighted by atomic mass is 32.1. The molecule has 0 amide bonds. The summed E-state index contributed by atoms with van der Waals surface area (Å²) in [5, 5.41) is 11.2. The van der Waals surface area contributed by atoms with Gasteiger partial charge in [0.15, 0.2) is 5.90 Å². The van der Waals surface area contributed by atoms with E-state index in [0.29, 0.717) is 12.3 Å². The van der Waals surface area contributed by atoms with Gasteiger partial charge in [-0.15, -0.1) is 0 Å². The largest absolute Gasteiger partial charge is 0.484 e. The molecule has 1 rings (SSSR count). The fraction of sp³-hybridized carbons (Fsp3) is 0.286. The molecule has 0 aliphatic carbocycles. The van der Waals surface area contributed by atoms with Crippen LogP contribution in [-0.4, -0.2) is 13.0 Å². The van der Waals surface area contributed by atoms with Gasteiger partial charge in [-0.25, -0.2) is 0 Å². The molecule has 0 bridgehead atoms. The maximum atomic E-state index is 7.20. The van der Waals surface area contributed by atoms with Crippen LogP contribution in [0.15, 0.2) is 16.8 Å². The molecule has 54 valence electrons. The molecule has 0 aliphatic heterocycles. The first-order chi connectivity index (χ1) is 4.83. The van der Waals surface area contributed by atoms with Crippen molar-refractivity contribution < 1.29 is 4.74 Å². The van der Waals surface area contributed by atoms with Crippen molar-refractivity contribution in [1.82, 2.24) is 0 Å². The number of methoxy groups -OCH3 is 1. The second-order valence-corrected chi connectivity index (χ2v) is 2.72. The third-order valence-electron chi connectivity index (χ3n) is 1.19. The molecule has 1 aromatic rings. The van der Waals surface area contributed by atoms with Crippen LogP contribution in [0, 0.1) is 5.41 Å². The Labute approximate surface area is 64.0 Å². The molecule has 0 unspecified atom stereocenters. The predicted molar refractivity (Wildman–Crippen MR) is 42.8 cm³/mol. The van der Waals surface area contributed by atoms with Gasteiger partial charge in [-0.05, 0) is 22.4 Å². The topological polar surface area (TPSA) is 33.1 Å². The van der Waals surface area contributed by atoms with Crippen molar-refractivity contribution in [3.05, 3.63) is 22.4 Å². The molecular formula is C7H9NOS. The number of nitrogens with one attached hydrogen (secondary N) is 1. The van der Waals surface area contributed by atoms with Crippen molar-refractivity contribution in [2.45, 2.75) is 6.42 Å². The van der Waals surface area contributed by atoms with Crippen molar-refractivity contribution in [2.75, 3.05) is 7.11 Å². The van der Waals surface area contributed by atoms with Crippen LogP contribution in [0.2, 0.25) is 0 Å². The van der Waals surface area contributed by atoms with Crippen LogP contribution in [0.1, 0.15) is 5.56 Å². The van der Waals surface area contributed by atoms with Gasteiger partial charge in [0.05, 0.1) is 7.11 Å². The Hall–Kier alpha value is -0.830. The molecule has 0 saturated carbocycles. The van der Waals surface area contributed by atoms with Gasteiger partial charge in [0.2, 0.25) is 0 Å². The van der Waals surface area contributed by atoms with Crippen LogP contribution in [0.4, 0.5) is 0 Å². The maximum absolute atomic E-state index is 7.20. The predicted octanol–water partition coefficient (Wildman–Crippen LogP) is 1.91. The van der Waals surface area contributed by atoms with Gasteiger partial charge in [-0.1, -0.05) is 0 Å². The fourth-order valence-corrected chi connectivity index (χ4v) is 1.32. The van der Waals surface area contributed by atoms with Gasteiger partial charge in [0.25, 0.3) is 0 Å². The molecule has 0 aliphatic rings. The smallest absolute Gasteiger partial charge is 0.184 e. The average Bonchev–Trinajstić information content (AvgIpc) is 2.40. The highest BCUT2D eigenvalue weighted by molar-refractivity contribution is 7.07. The minimum atomic E-state index is 0.318. The van der Waals surface area contributed by atoms with E-state index in [1.807, 2.05) is 16.8 Å². The van der Waals surface area contributed by atoms with Crippen LogP contribution in [0.25, 0.3) is 0 Å². The summed E-state index contributed by atoms with van der Waals surface area (Å²) in [4.78, 5) is 0. The third-order valence-corrected chi connectivity index (χ3v) is 1.92. The van der Waals surface area contributed by atoms with E-state index in [-0.39, 0.29) is 0 Å². The molecule has 2 nitrogen and oxygen atoms in total. The van der Waals surface area contributed by atoms with Crippen molar-refractivity contribution in [3.8, 4) is 0 Å². The summed E-state index contributed by atoms with van der Waals surface area (Å²) >= 11 is 1.64. The number of hydrogen-bond acceptors (Lipinski definition) is 3. The molecule has 3 heteroatoms. The lowest BCUT2D eigenvalue weighted by Crippen LogP contribution is -2.01. The SMILES string of the molecule is COC(=N)Cc1ccsc1. The Balaban J connectivity index is 2.48. The molecule has 0 spiro atoms. The van der Waals surface area contributed by atoms with Crippen LogP contribution in [0.5, 0.6) is 0 Å². The molecule has 0 radical (unpaired) electrons. The van der Waals surface area contributed by atoms with Crippen molar-refractivity contribution in [2.24, 2.45) is 0 Å². The Morgan fingerprint density at radius 2 is 2.60 bits per heavy atom. The standard InChI is InChI=1S/C7H9NOS/c1-9-7(8)4-6-2-3-10-5-6/h2-3,5,8H,4H2,1H3. The summed E-state index contributed by atoms with van der Waals surface area (Å²) in [5.41, 5.74) is 1.15. The van der Waals surface area contributed by atoms with Gasteiger partial charge in [-0.3, -0.25) is 5.41 Å². The normalized spacial score (nSPS) is 9.30. The zero-order chi connectivity index (χ0) is 7.40. The second-order valence-electron chi connectivity index (χ2n) is 1.94. The van der Waals surface area contributed by atoms with Crippen LogP contribution in [0.3, 0.4) is 0 Å². The summed E-state index contributed by atoms with van der Waals surface area (Å²) in [5.74, 6) is 0.318. The number of rotatable bonds is 2. The van der Waals surface area contributed by atoms with Crippen LogP contribution in [-0.2, 0) is 11.2 Å². The van der Waals surface area contributed by atoms with Crippen molar-refractivity contribution in [1.29, 1.82) is 5.41 Å². The quantitative estimate of drug-likeness (QED) is 0.513. The lowest BCUT2D eigenvalue weighted by atomic mass is 10.2. The molecular weight excluding hydrogens is 146 g/mol. The average molecular weight is 155 g/mol. The van der Waals surface area contributed by atoms with Gasteiger partial charge < -0.3 is 4.74 Å². The molecule has 0 saturated heterocycles. The second kappa shape index (κ2) is 3.37. The molecule has 1 N–H and O–H groups in total. The van der Waals surface area contributed by atoms with Crippen molar-refractivity contribution in [3.63, 3.8) is 0 Å². The lowest BCUT2D eigenvalue weighted by Gasteiger charge is -1.97. The summed E-state index contributed by atoms with van der Waals surface area (Å²) < 4.78 is 4.71. The number of thiophene rings is 1. The summed E-state index contributed by atoms with van der Waals surface area (Å²) in [7, 11) is 1.52. The van der Waals surface area contributed by atoms with E-state index < -0.39 is 0 Å². The Bertz CT molecular complexity index is 205. The first-order valence-corrected chi connectivity index (χ1v) is 3.89. The number of hydrogen-bond donors (Lipinski definition) is 1. The Kier molecular flexibility index (Phi) is 2.45. The summed E-state index contributed by atoms with van der Waals surface area (Å²) in [6.07, 6.45) is 0.611. The minimum Gasteiger partial charge on any atom is -0.484 e. The fourth-order valence-electron chi connectivity index (χ4n) is 0.651. The first kappa shape index (κ1) is 7.28. The van der Waals surface area contributed by atoms with Crippen molar-refractivity contribution >= 4 is 17.2 Å². The minimum absolute atomic E-state index is 0.318. The molecule has 1 aromatic heterocycles. The Morgan fingerprint density at radius 1 is 1.80 bits per heavy atom. The van der Waals surface area contributed by atoms with E-state index in [9.17, 15) is 0 Å². The zero-order valence-corrected chi connectivity index (χ0v) is 6.57. The first-order valence-electron chi connectivity index (χ1n) is 2.95. The summed E-state index contributed by atoms with van der Waals surface area (Å²) in [6, 6.07) is 2.00. The van der Waals surface area contributed by atoms with E-state index in [4.69, 9.17) is 10.1 Å². The van der Waals surface area contributed by atoms with Gasteiger partial charge in [0, 0.05) is 6.42 Å². The Morgan fingerprint density at radius 3 is 3.10 bits per heavy atom. The van der Waals surface area contributed by atoms with E-state index in [0.717, 1.165) is 5.56 Å².